The molecular weight excluding hydrogens is 180 g/mol. The number of carbonyl (C=O) groups excluding carboxylic acids is 1. The standard InChI is InChI=1S/C11H22O3/c1-4-14-9-7-5-6-8-10(12)11(2,3)13/h13H,4-9H2,1-3H3. The largest absolute Gasteiger partial charge is 0.383 e. The normalized spacial score (nSPS) is 11.7. The van der Waals surface area contributed by atoms with Gasteiger partial charge in [0.1, 0.15) is 5.60 Å². The van der Waals surface area contributed by atoms with Crippen molar-refractivity contribution in [3.63, 3.8) is 0 Å². The van der Waals surface area contributed by atoms with Crippen LogP contribution in [0.15, 0.2) is 0 Å². The molecule has 0 aliphatic rings. The van der Waals surface area contributed by atoms with E-state index in [2.05, 4.69) is 0 Å². The van der Waals surface area contributed by atoms with Crippen LogP contribution in [0.4, 0.5) is 0 Å². The van der Waals surface area contributed by atoms with E-state index in [1.54, 1.807) is 0 Å². The summed E-state index contributed by atoms with van der Waals surface area (Å²) in [4.78, 5) is 11.3. The Bertz CT molecular complexity index is 158. The highest BCUT2D eigenvalue weighted by atomic mass is 16.5. The van der Waals surface area contributed by atoms with Crippen LogP contribution >= 0.6 is 0 Å². The molecule has 84 valence electrons. The number of ketones is 1. The molecule has 0 saturated heterocycles. The van der Waals surface area contributed by atoms with Crippen LogP contribution in [0.3, 0.4) is 0 Å². The van der Waals surface area contributed by atoms with Crippen LogP contribution in [0.2, 0.25) is 0 Å². The summed E-state index contributed by atoms with van der Waals surface area (Å²) in [6.07, 6.45) is 3.29. The molecule has 0 rings (SSSR count). The third-order valence-electron chi connectivity index (χ3n) is 2.08. The summed E-state index contributed by atoms with van der Waals surface area (Å²) < 4.78 is 5.17. The lowest BCUT2D eigenvalue weighted by atomic mass is 9.99. The minimum atomic E-state index is -1.17. The number of hydrogen-bond acceptors (Lipinski definition) is 3. The predicted molar refractivity (Wildman–Crippen MR) is 56.3 cm³/mol. The second-order valence-corrected chi connectivity index (χ2v) is 3.99. The lowest BCUT2D eigenvalue weighted by Crippen LogP contribution is -2.30. The van der Waals surface area contributed by atoms with Gasteiger partial charge in [0.15, 0.2) is 5.78 Å². The first-order valence-electron chi connectivity index (χ1n) is 5.32. The predicted octanol–water partition coefficient (Wildman–Crippen LogP) is 1.92. The van der Waals surface area contributed by atoms with Crippen LogP contribution in [-0.4, -0.2) is 29.7 Å². The van der Waals surface area contributed by atoms with E-state index < -0.39 is 5.60 Å². The second kappa shape index (κ2) is 6.96. The van der Waals surface area contributed by atoms with Crippen LogP contribution in [0.5, 0.6) is 0 Å². The van der Waals surface area contributed by atoms with Gasteiger partial charge in [-0.05, 0) is 33.6 Å². The summed E-state index contributed by atoms with van der Waals surface area (Å²) in [6, 6.07) is 0. The third-order valence-corrected chi connectivity index (χ3v) is 2.08. The molecule has 0 aliphatic heterocycles. The molecule has 0 heterocycles. The molecule has 0 atom stereocenters. The molecule has 3 nitrogen and oxygen atoms in total. The molecule has 0 aromatic carbocycles. The van der Waals surface area contributed by atoms with E-state index >= 15 is 0 Å². The third kappa shape index (κ3) is 7.04. The summed E-state index contributed by atoms with van der Waals surface area (Å²) in [5.74, 6) is -0.0751. The molecule has 0 fully saturated rings. The number of aliphatic hydroxyl groups is 1. The molecule has 0 radical (unpaired) electrons. The van der Waals surface area contributed by atoms with Gasteiger partial charge >= 0.3 is 0 Å². The van der Waals surface area contributed by atoms with E-state index in [1.165, 1.54) is 13.8 Å². The van der Waals surface area contributed by atoms with E-state index in [0.29, 0.717) is 6.42 Å². The number of unbranched alkanes of at least 4 members (excludes halogenated alkanes) is 2. The van der Waals surface area contributed by atoms with Crippen molar-refractivity contribution in [1.82, 2.24) is 0 Å². The van der Waals surface area contributed by atoms with Crippen molar-refractivity contribution in [2.75, 3.05) is 13.2 Å². The van der Waals surface area contributed by atoms with Gasteiger partial charge in [-0.3, -0.25) is 4.79 Å². The second-order valence-electron chi connectivity index (χ2n) is 3.99. The Balaban J connectivity index is 3.33. The number of ether oxygens (including phenoxy) is 1. The van der Waals surface area contributed by atoms with Gasteiger partial charge in [0, 0.05) is 19.6 Å². The van der Waals surface area contributed by atoms with Crippen molar-refractivity contribution in [2.45, 2.75) is 52.1 Å². The van der Waals surface area contributed by atoms with Gasteiger partial charge in [-0.25, -0.2) is 0 Å². The van der Waals surface area contributed by atoms with Gasteiger partial charge in [-0.15, -0.1) is 0 Å². The first kappa shape index (κ1) is 13.6. The highest BCUT2D eigenvalue weighted by Gasteiger charge is 2.22. The van der Waals surface area contributed by atoms with Gasteiger partial charge in [-0.2, -0.15) is 0 Å². The van der Waals surface area contributed by atoms with E-state index in [1.807, 2.05) is 6.92 Å². The van der Waals surface area contributed by atoms with Crippen molar-refractivity contribution in [2.24, 2.45) is 0 Å². The van der Waals surface area contributed by atoms with Gasteiger partial charge in [0.05, 0.1) is 0 Å². The SMILES string of the molecule is CCOCCCCCC(=O)C(C)(C)O. The van der Waals surface area contributed by atoms with Crippen molar-refractivity contribution in [1.29, 1.82) is 0 Å². The maximum atomic E-state index is 11.3. The molecule has 0 amide bonds. The quantitative estimate of drug-likeness (QED) is 0.612. The van der Waals surface area contributed by atoms with Crippen LogP contribution in [0.1, 0.15) is 46.5 Å². The Morgan fingerprint density at radius 3 is 2.43 bits per heavy atom. The molecule has 0 spiro atoms. The fourth-order valence-corrected chi connectivity index (χ4v) is 1.12. The topological polar surface area (TPSA) is 46.5 Å². The van der Waals surface area contributed by atoms with Crippen LogP contribution < -0.4 is 0 Å². The summed E-state index contributed by atoms with van der Waals surface area (Å²) in [7, 11) is 0. The van der Waals surface area contributed by atoms with Crippen molar-refractivity contribution < 1.29 is 14.6 Å². The lowest BCUT2D eigenvalue weighted by Gasteiger charge is -2.14. The van der Waals surface area contributed by atoms with E-state index in [-0.39, 0.29) is 5.78 Å². The van der Waals surface area contributed by atoms with E-state index in [9.17, 15) is 9.90 Å². The minimum absolute atomic E-state index is 0.0751. The van der Waals surface area contributed by atoms with Crippen LogP contribution in [-0.2, 0) is 9.53 Å². The Hall–Kier alpha value is -0.410. The highest BCUT2D eigenvalue weighted by molar-refractivity contribution is 5.86. The minimum Gasteiger partial charge on any atom is -0.383 e. The number of Topliss-reactive ketones (excluding diaryl/α,β-unsaturated/α-hetero) is 1. The Morgan fingerprint density at radius 1 is 1.29 bits per heavy atom. The van der Waals surface area contributed by atoms with Gasteiger partial charge in [0.2, 0.25) is 0 Å². The fraction of sp³-hybridized carbons (Fsp3) is 0.909. The zero-order chi connectivity index (χ0) is 11.0. The van der Waals surface area contributed by atoms with Crippen LogP contribution in [0, 0.1) is 0 Å². The first-order valence-corrected chi connectivity index (χ1v) is 5.32. The Labute approximate surface area is 86.5 Å². The smallest absolute Gasteiger partial charge is 0.163 e. The molecule has 0 aromatic rings. The van der Waals surface area contributed by atoms with Crippen molar-refractivity contribution >= 4 is 5.78 Å². The monoisotopic (exact) mass is 202 g/mol. The molecule has 0 aromatic heterocycles. The summed E-state index contributed by atoms with van der Waals surface area (Å²) in [5.41, 5.74) is -1.17. The maximum Gasteiger partial charge on any atom is 0.163 e. The van der Waals surface area contributed by atoms with Gasteiger partial charge in [0.25, 0.3) is 0 Å². The number of carbonyl (C=O) groups is 1. The zero-order valence-corrected chi connectivity index (χ0v) is 9.51. The fourth-order valence-electron chi connectivity index (χ4n) is 1.12. The molecule has 1 N–H and O–H groups in total. The van der Waals surface area contributed by atoms with Crippen molar-refractivity contribution in [3.05, 3.63) is 0 Å². The lowest BCUT2D eigenvalue weighted by molar-refractivity contribution is -0.134. The van der Waals surface area contributed by atoms with Gasteiger partial charge < -0.3 is 9.84 Å². The number of rotatable bonds is 8. The highest BCUT2D eigenvalue weighted by Crippen LogP contribution is 2.10. The maximum absolute atomic E-state index is 11.3. The summed E-state index contributed by atoms with van der Waals surface area (Å²) >= 11 is 0. The summed E-state index contributed by atoms with van der Waals surface area (Å²) in [5, 5.41) is 9.35. The summed E-state index contributed by atoms with van der Waals surface area (Å²) in [6.45, 7) is 6.57. The van der Waals surface area contributed by atoms with E-state index in [4.69, 9.17) is 4.74 Å². The molecule has 14 heavy (non-hydrogen) atoms. The first-order chi connectivity index (χ1) is 6.48. The number of hydrogen-bond donors (Lipinski definition) is 1. The molecule has 3 heteroatoms. The Morgan fingerprint density at radius 2 is 1.93 bits per heavy atom. The molecule has 0 unspecified atom stereocenters. The van der Waals surface area contributed by atoms with Gasteiger partial charge in [-0.1, -0.05) is 6.42 Å². The van der Waals surface area contributed by atoms with E-state index in [0.717, 1.165) is 32.5 Å². The zero-order valence-electron chi connectivity index (χ0n) is 9.51. The molecule has 0 aliphatic carbocycles. The average molecular weight is 202 g/mol. The average Bonchev–Trinajstić information content (AvgIpc) is 2.09. The molecule has 0 bridgehead atoms. The van der Waals surface area contributed by atoms with Crippen LogP contribution in [0.25, 0.3) is 0 Å². The molecule has 0 saturated carbocycles. The van der Waals surface area contributed by atoms with Crippen molar-refractivity contribution in [3.8, 4) is 0 Å². The Kier molecular flexibility index (Phi) is 6.75. The molecular formula is C11H22O3.